The van der Waals surface area contributed by atoms with Gasteiger partial charge in [0.25, 0.3) is 0 Å². The minimum Gasteiger partial charge on any atom is -0.383 e. The Morgan fingerprint density at radius 1 is 1.67 bits per heavy atom. The lowest BCUT2D eigenvalue weighted by Gasteiger charge is -2.22. The molecule has 0 spiro atoms. The van der Waals surface area contributed by atoms with Crippen LogP contribution in [0.5, 0.6) is 0 Å². The van der Waals surface area contributed by atoms with Crippen LogP contribution in [-0.4, -0.2) is 31.8 Å². The maximum Gasteiger partial charge on any atom is 0.143 e. The van der Waals surface area contributed by atoms with Crippen molar-refractivity contribution in [1.82, 2.24) is 4.98 Å². The molecule has 4 heteroatoms. The minimum absolute atomic E-state index is 0.677. The molecule has 0 aliphatic rings. The maximum absolute atomic E-state index is 5.06. The van der Waals surface area contributed by atoms with Crippen molar-refractivity contribution in [2.75, 3.05) is 31.7 Å². The van der Waals surface area contributed by atoms with Crippen molar-refractivity contribution in [3.05, 3.63) is 35.5 Å². The number of ether oxygens (including phenoxy) is 1. The molecule has 0 aliphatic carbocycles. The van der Waals surface area contributed by atoms with Crippen LogP contribution in [0.25, 0.3) is 0 Å². The van der Waals surface area contributed by atoms with Crippen LogP contribution < -0.4 is 4.90 Å². The van der Waals surface area contributed by atoms with Gasteiger partial charge in [-0.15, -0.1) is 6.58 Å². The van der Waals surface area contributed by atoms with Gasteiger partial charge in [-0.25, -0.2) is 4.98 Å². The molecule has 0 N–H and O–H groups in total. The topological polar surface area (TPSA) is 25.4 Å². The standard InChI is InChI=1S/C11H15BrN2O/c1-3-7-14(8-9-15-2)11-10(12)5-4-6-13-11/h3-6H,1,7-9H2,2H3. The van der Waals surface area contributed by atoms with Gasteiger partial charge in [-0.2, -0.15) is 0 Å². The molecule has 0 amide bonds. The smallest absolute Gasteiger partial charge is 0.143 e. The number of halogens is 1. The molecule has 0 fully saturated rings. The van der Waals surface area contributed by atoms with Gasteiger partial charge >= 0.3 is 0 Å². The molecule has 0 atom stereocenters. The Hall–Kier alpha value is -0.870. The van der Waals surface area contributed by atoms with Crippen molar-refractivity contribution in [2.24, 2.45) is 0 Å². The molecule has 1 aromatic rings. The second-order valence-electron chi connectivity index (χ2n) is 3.04. The van der Waals surface area contributed by atoms with E-state index in [0.29, 0.717) is 6.61 Å². The number of nitrogens with zero attached hydrogens (tertiary/aromatic N) is 2. The first-order valence-electron chi connectivity index (χ1n) is 4.75. The number of aromatic nitrogens is 1. The van der Waals surface area contributed by atoms with Gasteiger partial charge < -0.3 is 9.64 Å². The lowest BCUT2D eigenvalue weighted by Crippen LogP contribution is -2.28. The van der Waals surface area contributed by atoms with Crippen LogP contribution in [0.2, 0.25) is 0 Å². The van der Waals surface area contributed by atoms with E-state index in [-0.39, 0.29) is 0 Å². The fraction of sp³-hybridized carbons (Fsp3) is 0.364. The molecule has 3 nitrogen and oxygen atoms in total. The van der Waals surface area contributed by atoms with Crippen molar-refractivity contribution < 1.29 is 4.74 Å². The zero-order valence-electron chi connectivity index (χ0n) is 8.82. The van der Waals surface area contributed by atoms with Crippen LogP contribution in [0.15, 0.2) is 35.5 Å². The zero-order chi connectivity index (χ0) is 11.1. The summed E-state index contributed by atoms with van der Waals surface area (Å²) in [6.45, 7) is 5.98. The predicted molar refractivity (Wildman–Crippen MR) is 66.2 cm³/mol. The van der Waals surface area contributed by atoms with Crippen LogP contribution in [0, 0.1) is 0 Å². The van der Waals surface area contributed by atoms with Gasteiger partial charge in [0.2, 0.25) is 0 Å². The van der Waals surface area contributed by atoms with Gasteiger partial charge in [0.1, 0.15) is 5.82 Å². The average molecular weight is 271 g/mol. The molecule has 15 heavy (non-hydrogen) atoms. The molecule has 0 unspecified atom stereocenters. The Morgan fingerprint density at radius 3 is 3.07 bits per heavy atom. The third-order valence-corrected chi connectivity index (χ3v) is 2.57. The number of anilines is 1. The van der Waals surface area contributed by atoms with E-state index in [0.717, 1.165) is 23.4 Å². The normalized spacial score (nSPS) is 10.0. The minimum atomic E-state index is 0.677. The summed E-state index contributed by atoms with van der Waals surface area (Å²) in [5, 5.41) is 0. The van der Waals surface area contributed by atoms with E-state index >= 15 is 0 Å². The molecule has 0 saturated heterocycles. The summed E-state index contributed by atoms with van der Waals surface area (Å²) in [5.41, 5.74) is 0. The highest BCUT2D eigenvalue weighted by atomic mass is 79.9. The summed E-state index contributed by atoms with van der Waals surface area (Å²) in [6.07, 6.45) is 3.64. The predicted octanol–water partition coefficient (Wildman–Crippen LogP) is 2.48. The first kappa shape index (κ1) is 12.2. The molecule has 1 rings (SSSR count). The largest absolute Gasteiger partial charge is 0.383 e. The lowest BCUT2D eigenvalue weighted by molar-refractivity contribution is 0.205. The third-order valence-electron chi connectivity index (χ3n) is 1.95. The molecule has 82 valence electrons. The third kappa shape index (κ3) is 3.64. The number of methoxy groups -OCH3 is 1. The molecule has 0 aliphatic heterocycles. The van der Waals surface area contributed by atoms with Crippen molar-refractivity contribution in [1.29, 1.82) is 0 Å². The maximum atomic E-state index is 5.06. The summed E-state index contributed by atoms with van der Waals surface area (Å²) in [5.74, 6) is 0.925. The molecule has 1 heterocycles. The number of hydrogen-bond donors (Lipinski definition) is 0. The Balaban J connectivity index is 2.78. The van der Waals surface area contributed by atoms with E-state index < -0.39 is 0 Å². The number of hydrogen-bond acceptors (Lipinski definition) is 3. The Morgan fingerprint density at radius 2 is 2.47 bits per heavy atom. The van der Waals surface area contributed by atoms with Gasteiger partial charge in [0.15, 0.2) is 0 Å². The van der Waals surface area contributed by atoms with Crippen LogP contribution in [0.3, 0.4) is 0 Å². The highest BCUT2D eigenvalue weighted by Crippen LogP contribution is 2.22. The second-order valence-corrected chi connectivity index (χ2v) is 3.89. The molecule has 0 saturated carbocycles. The summed E-state index contributed by atoms with van der Waals surface area (Å²) in [4.78, 5) is 6.44. The SMILES string of the molecule is C=CCN(CCOC)c1ncccc1Br. The Labute approximate surface area is 98.9 Å². The van der Waals surface area contributed by atoms with Gasteiger partial charge in [-0.1, -0.05) is 6.08 Å². The fourth-order valence-corrected chi connectivity index (χ4v) is 1.76. The molecule has 0 bridgehead atoms. The van der Waals surface area contributed by atoms with Crippen LogP contribution in [-0.2, 0) is 4.74 Å². The van der Waals surface area contributed by atoms with Crippen molar-refractivity contribution >= 4 is 21.7 Å². The van der Waals surface area contributed by atoms with Gasteiger partial charge in [0.05, 0.1) is 11.1 Å². The molecular formula is C11H15BrN2O. The van der Waals surface area contributed by atoms with E-state index in [2.05, 4.69) is 32.4 Å². The molecule has 0 radical (unpaired) electrons. The highest BCUT2D eigenvalue weighted by molar-refractivity contribution is 9.10. The number of rotatable bonds is 6. The van der Waals surface area contributed by atoms with Crippen LogP contribution >= 0.6 is 15.9 Å². The van der Waals surface area contributed by atoms with Crippen LogP contribution in [0.4, 0.5) is 5.82 Å². The van der Waals surface area contributed by atoms with Crippen molar-refractivity contribution in [3.63, 3.8) is 0 Å². The average Bonchev–Trinajstić information content (AvgIpc) is 2.25. The van der Waals surface area contributed by atoms with Crippen molar-refractivity contribution in [2.45, 2.75) is 0 Å². The van der Waals surface area contributed by atoms with Crippen molar-refractivity contribution in [3.8, 4) is 0 Å². The first-order valence-corrected chi connectivity index (χ1v) is 5.54. The van der Waals surface area contributed by atoms with Gasteiger partial charge in [0, 0.05) is 26.4 Å². The monoisotopic (exact) mass is 270 g/mol. The Bertz CT molecular complexity index is 317. The summed E-state index contributed by atoms with van der Waals surface area (Å²) < 4.78 is 6.05. The highest BCUT2D eigenvalue weighted by Gasteiger charge is 2.08. The quantitative estimate of drug-likeness (QED) is 0.743. The Kier molecular flexibility index (Phi) is 5.36. The molecule has 1 aromatic heterocycles. The van der Waals surface area contributed by atoms with E-state index in [1.165, 1.54) is 0 Å². The molecular weight excluding hydrogens is 256 g/mol. The fourth-order valence-electron chi connectivity index (χ4n) is 1.25. The van der Waals surface area contributed by atoms with Crippen LogP contribution in [0.1, 0.15) is 0 Å². The first-order chi connectivity index (χ1) is 7.29. The summed E-state index contributed by atoms with van der Waals surface area (Å²) >= 11 is 3.48. The zero-order valence-corrected chi connectivity index (χ0v) is 10.4. The molecule has 0 aromatic carbocycles. The van der Waals surface area contributed by atoms with Gasteiger partial charge in [-0.3, -0.25) is 0 Å². The van der Waals surface area contributed by atoms with E-state index in [1.54, 1.807) is 13.3 Å². The summed E-state index contributed by atoms with van der Waals surface area (Å²) in [7, 11) is 1.69. The van der Waals surface area contributed by atoms with E-state index in [4.69, 9.17) is 4.74 Å². The van der Waals surface area contributed by atoms with Gasteiger partial charge in [-0.05, 0) is 28.1 Å². The number of pyridine rings is 1. The lowest BCUT2D eigenvalue weighted by atomic mass is 10.4. The van der Waals surface area contributed by atoms with E-state index in [1.807, 2.05) is 18.2 Å². The second kappa shape index (κ2) is 6.58. The summed E-state index contributed by atoms with van der Waals surface area (Å²) in [6, 6.07) is 3.88. The van der Waals surface area contributed by atoms with E-state index in [9.17, 15) is 0 Å².